The fourth-order valence-corrected chi connectivity index (χ4v) is 3.61. The van der Waals surface area contributed by atoms with Gasteiger partial charge in [0.15, 0.2) is 0 Å². The lowest BCUT2D eigenvalue weighted by Crippen LogP contribution is -2.31. The Labute approximate surface area is 164 Å². The summed E-state index contributed by atoms with van der Waals surface area (Å²) in [4.78, 5) is 14.7. The van der Waals surface area contributed by atoms with E-state index >= 15 is 0 Å². The van der Waals surface area contributed by atoms with Crippen LogP contribution in [0.4, 0.5) is 11.4 Å². The van der Waals surface area contributed by atoms with Gasteiger partial charge in [-0.3, -0.25) is 4.79 Å². The van der Waals surface area contributed by atoms with Crippen LogP contribution in [0, 0.1) is 0 Å². The Morgan fingerprint density at radius 3 is 2.35 bits per heavy atom. The normalized spacial score (nSPS) is 15.1. The molecule has 2 N–H and O–H groups in total. The molecule has 4 nitrogen and oxygen atoms in total. The summed E-state index contributed by atoms with van der Waals surface area (Å²) in [5, 5.41) is 6.32. The summed E-state index contributed by atoms with van der Waals surface area (Å²) in [5.74, 6) is -0.0190. The molecule has 0 bridgehead atoms. The number of rotatable bonds is 7. The van der Waals surface area contributed by atoms with Crippen molar-refractivity contribution >= 4 is 33.2 Å². The van der Waals surface area contributed by atoms with Gasteiger partial charge in [0.1, 0.15) is 0 Å². The van der Waals surface area contributed by atoms with Crippen molar-refractivity contribution in [2.24, 2.45) is 0 Å². The summed E-state index contributed by atoms with van der Waals surface area (Å²) in [6.45, 7) is 4.67. The van der Waals surface area contributed by atoms with Crippen LogP contribution in [0.25, 0.3) is 0 Å². The third-order valence-corrected chi connectivity index (χ3v) is 5.34. The van der Waals surface area contributed by atoms with Crippen LogP contribution in [-0.2, 0) is 4.79 Å². The predicted octanol–water partition coefficient (Wildman–Crippen LogP) is 4.73. The first-order chi connectivity index (χ1) is 12.7. The van der Waals surface area contributed by atoms with E-state index in [4.69, 9.17) is 0 Å². The maximum absolute atomic E-state index is 12.3. The lowest BCUT2D eigenvalue weighted by molar-refractivity contribution is -0.115. The fraction of sp³-hybridized carbons (Fsp3) is 0.381. The molecule has 5 heteroatoms. The standard InChI is InChI=1S/C21H26BrN3O/c1-2-20(16-5-7-17(22)8-6-16)23-15-21(26)24-18-9-11-19(12-10-18)25-13-3-4-14-25/h5-12,20,23H,2-4,13-15H2,1H3,(H,24,26)/t20-/m0/s1. The van der Waals surface area contributed by atoms with E-state index in [2.05, 4.69) is 62.7 Å². The van der Waals surface area contributed by atoms with Gasteiger partial charge in [0, 0.05) is 35.0 Å². The van der Waals surface area contributed by atoms with Crippen LogP contribution in [0.5, 0.6) is 0 Å². The van der Waals surface area contributed by atoms with Gasteiger partial charge in [0.2, 0.25) is 5.91 Å². The molecule has 0 unspecified atom stereocenters. The van der Waals surface area contributed by atoms with Gasteiger partial charge in [-0.1, -0.05) is 35.0 Å². The number of halogens is 1. The van der Waals surface area contributed by atoms with Crippen LogP contribution in [0.1, 0.15) is 37.8 Å². The van der Waals surface area contributed by atoms with Gasteiger partial charge in [-0.15, -0.1) is 0 Å². The van der Waals surface area contributed by atoms with Gasteiger partial charge in [-0.25, -0.2) is 0 Å². The molecule has 1 heterocycles. The van der Waals surface area contributed by atoms with Crippen LogP contribution in [0.2, 0.25) is 0 Å². The number of amides is 1. The molecule has 0 saturated carbocycles. The monoisotopic (exact) mass is 415 g/mol. The largest absolute Gasteiger partial charge is 0.372 e. The zero-order chi connectivity index (χ0) is 18.4. The highest BCUT2D eigenvalue weighted by Crippen LogP contribution is 2.22. The van der Waals surface area contributed by atoms with Crippen LogP contribution in [0.3, 0.4) is 0 Å². The van der Waals surface area contributed by atoms with E-state index in [1.807, 2.05) is 24.3 Å². The molecule has 1 aliphatic rings. The minimum absolute atomic E-state index is 0.0190. The summed E-state index contributed by atoms with van der Waals surface area (Å²) >= 11 is 3.45. The van der Waals surface area contributed by atoms with Gasteiger partial charge in [-0.2, -0.15) is 0 Å². The van der Waals surface area contributed by atoms with Gasteiger partial charge >= 0.3 is 0 Å². The van der Waals surface area contributed by atoms with Crippen molar-refractivity contribution in [2.45, 2.75) is 32.2 Å². The second-order valence-corrected chi connectivity index (χ2v) is 7.60. The van der Waals surface area contributed by atoms with E-state index in [1.54, 1.807) is 0 Å². The van der Waals surface area contributed by atoms with E-state index in [0.717, 1.165) is 29.7 Å². The first-order valence-corrected chi connectivity index (χ1v) is 10.1. The number of hydrogen-bond acceptors (Lipinski definition) is 3. The van der Waals surface area contributed by atoms with Crippen molar-refractivity contribution in [3.8, 4) is 0 Å². The molecule has 26 heavy (non-hydrogen) atoms. The molecule has 1 amide bonds. The average molecular weight is 416 g/mol. The Kier molecular flexibility index (Phi) is 6.69. The average Bonchev–Trinajstić information content (AvgIpc) is 3.19. The zero-order valence-electron chi connectivity index (χ0n) is 15.2. The van der Waals surface area contributed by atoms with Crippen molar-refractivity contribution in [3.05, 3.63) is 58.6 Å². The molecule has 0 aliphatic carbocycles. The second-order valence-electron chi connectivity index (χ2n) is 6.68. The lowest BCUT2D eigenvalue weighted by atomic mass is 10.0. The third-order valence-electron chi connectivity index (χ3n) is 4.81. The van der Waals surface area contributed by atoms with Gasteiger partial charge in [-0.05, 0) is 61.2 Å². The molecule has 1 aliphatic heterocycles. The highest BCUT2D eigenvalue weighted by molar-refractivity contribution is 9.10. The number of nitrogens with zero attached hydrogens (tertiary/aromatic N) is 1. The summed E-state index contributed by atoms with van der Waals surface area (Å²) in [6.07, 6.45) is 3.46. The maximum Gasteiger partial charge on any atom is 0.238 e. The quantitative estimate of drug-likeness (QED) is 0.686. The molecule has 0 spiro atoms. The third kappa shape index (κ3) is 5.08. The van der Waals surface area contributed by atoms with Gasteiger partial charge < -0.3 is 15.5 Å². The van der Waals surface area contributed by atoms with Crippen molar-refractivity contribution in [2.75, 3.05) is 29.9 Å². The molecule has 0 radical (unpaired) electrons. The minimum Gasteiger partial charge on any atom is -0.372 e. The Balaban J connectivity index is 1.50. The molecule has 1 saturated heterocycles. The number of carbonyl (C=O) groups excluding carboxylic acids is 1. The zero-order valence-corrected chi connectivity index (χ0v) is 16.8. The first-order valence-electron chi connectivity index (χ1n) is 9.29. The van der Waals surface area contributed by atoms with Crippen molar-refractivity contribution in [1.82, 2.24) is 5.32 Å². The molecule has 2 aromatic carbocycles. The van der Waals surface area contributed by atoms with Gasteiger partial charge in [0.25, 0.3) is 0 Å². The second kappa shape index (κ2) is 9.19. The number of benzene rings is 2. The number of carbonyl (C=O) groups is 1. The molecular weight excluding hydrogens is 390 g/mol. The van der Waals surface area contributed by atoms with Gasteiger partial charge in [0.05, 0.1) is 6.54 Å². The Morgan fingerprint density at radius 2 is 1.73 bits per heavy atom. The summed E-state index contributed by atoms with van der Waals surface area (Å²) in [7, 11) is 0. The van der Waals surface area contributed by atoms with E-state index in [9.17, 15) is 4.79 Å². The fourth-order valence-electron chi connectivity index (χ4n) is 3.34. The number of anilines is 2. The molecule has 1 fully saturated rings. The van der Waals surface area contributed by atoms with E-state index < -0.39 is 0 Å². The smallest absolute Gasteiger partial charge is 0.238 e. The molecule has 1 atom stereocenters. The number of nitrogens with one attached hydrogen (secondary N) is 2. The molecule has 138 valence electrons. The van der Waals surface area contributed by atoms with Crippen LogP contribution in [0.15, 0.2) is 53.0 Å². The highest BCUT2D eigenvalue weighted by atomic mass is 79.9. The molecular formula is C21H26BrN3O. The Morgan fingerprint density at radius 1 is 1.08 bits per heavy atom. The summed E-state index contributed by atoms with van der Waals surface area (Å²) in [6, 6.07) is 16.5. The van der Waals surface area contributed by atoms with Crippen LogP contribution < -0.4 is 15.5 Å². The molecule has 2 aromatic rings. The lowest BCUT2D eigenvalue weighted by Gasteiger charge is -2.19. The first kappa shape index (κ1) is 18.9. The highest BCUT2D eigenvalue weighted by Gasteiger charge is 2.13. The molecule has 0 aromatic heterocycles. The Bertz CT molecular complexity index is 709. The maximum atomic E-state index is 12.3. The van der Waals surface area contributed by atoms with Crippen molar-refractivity contribution in [3.63, 3.8) is 0 Å². The van der Waals surface area contributed by atoms with E-state index in [-0.39, 0.29) is 11.9 Å². The van der Waals surface area contributed by atoms with E-state index in [0.29, 0.717) is 6.54 Å². The molecule has 3 rings (SSSR count). The summed E-state index contributed by atoms with van der Waals surface area (Å²) < 4.78 is 1.06. The minimum atomic E-state index is -0.0190. The topological polar surface area (TPSA) is 44.4 Å². The predicted molar refractivity (Wildman–Crippen MR) is 112 cm³/mol. The van der Waals surface area contributed by atoms with Crippen LogP contribution >= 0.6 is 15.9 Å². The van der Waals surface area contributed by atoms with E-state index in [1.165, 1.54) is 24.1 Å². The van der Waals surface area contributed by atoms with Crippen molar-refractivity contribution < 1.29 is 4.79 Å². The van der Waals surface area contributed by atoms with Crippen molar-refractivity contribution in [1.29, 1.82) is 0 Å². The number of hydrogen-bond donors (Lipinski definition) is 2. The summed E-state index contributed by atoms with van der Waals surface area (Å²) in [5.41, 5.74) is 3.27. The Hall–Kier alpha value is -1.85. The van der Waals surface area contributed by atoms with Crippen LogP contribution in [-0.4, -0.2) is 25.5 Å². The SMILES string of the molecule is CC[C@H](NCC(=O)Nc1ccc(N2CCCC2)cc1)c1ccc(Br)cc1.